The molecule has 7 heteroatoms. The van der Waals surface area contributed by atoms with Crippen molar-refractivity contribution in [2.24, 2.45) is 0 Å². The van der Waals surface area contributed by atoms with E-state index in [1.54, 1.807) is 6.07 Å². The predicted molar refractivity (Wildman–Crippen MR) is 69.0 cm³/mol. The number of ketones is 2. The summed E-state index contributed by atoms with van der Waals surface area (Å²) in [6.45, 7) is 1.84. The molecule has 0 saturated heterocycles. The molecule has 0 radical (unpaired) electrons. The highest BCUT2D eigenvalue weighted by Crippen LogP contribution is 2.19. The fraction of sp³-hybridized carbons (Fsp3) is 0.357. The Labute approximate surface area is 119 Å². The van der Waals surface area contributed by atoms with E-state index in [0.29, 0.717) is 6.42 Å². The predicted octanol–water partition coefficient (Wildman–Crippen LogP) is 3.26. The van der Waals surface area contributed by atoms with E-state index >= 15 is 0 Å². The van der Waals surface area contributed by atoms with Crippen LogP contribution in [0.15, 0.2) is 30.3 Å². The van der Waals surface area contributed by atoms with Gasteiger partial charge in [-0.05, 0) is 6.42 Å². The quantitative estimate of drug-likeness (QED) is 0.669. The fourth-order valence-electron chi connectivity index (χ4n) is 1.19. The maximum absolute atomic E-state index is 11.8. The van der Waals surface area contributed by atoms with Gasteiger partial charge in [-0.15, -0.1) is 0 Å². The summed E-state index contributed by atoms with van der Waals surface area (Å²) in [5, 5.41) is 7.91. The first-order valence-corrected chi connectivity index (χ1v) is 6.08. The standard InChI is InChI=1S/C10H7F3O2.C4H8O2/c11-10(12,13)9(15)6-8(14)7-4-2-1-3-5-7;1-2-3-4(5)6/h1-5H,6H2;2-3H2,1H3,(H,5,6). The smallest absolute Gasteiger partial charge is 0.450 e. The highest BCUT2D eigenvalue weighted by Gasteiger charge is 2.39. The monoisotopic (exact) mass is 304 g/mol. The number of benzene rings is 1. The van der Waals surface area contributed by atoms with Crippen LogP contribution in [0, 0.1) is 0 Å². The molecule has 0 aliphatic heterocycles. The van der Waals surface area contributed by atoms with Crippen LogP contribution in [0.4, 0.5) is 13.2 Å². The lowest BCUT2D eigenvalue weighted by atomic mass is 10.1. The molecule has 0 bridgehead atoms. The van der Waals surface area contributed by atoms with Gasteiger partial charge in [-0.25, -0.2) is 0 Å². The van der Waals surface area contributed by atoms with Crippen molar-refractivity contribution >= 4 is 17.5 Å². The Kier molecular flexibility index (Phi) is 7.96. The van der Waals surface area contributed by atoms with Gasteiger partial charge in [0.25, 0.3) is 0 Å². The summed E-state index contributed by atoms with van der Waals surface area (Å²) in [5.41, 5.74) is 0.107. The van der Waals surface area contributed by atoms with Crippen LogP contribution in [0.3, 0.4) is 0 Å². The zero-order valence-corrected chi connectivity index (χ0v) is 11.3. The number of Topliss-reactive ketones (excluding diaryl/α,β-unsaturated/α-hetero) is 2. The van der Waals surface area contributed by atoms with Gasteiger partial charge < -0.3 is 5.11 Å². The van der Waals surface area contributed by atoms with E-state index in [-0.39, 0.29) is 5.56 Å². The Bertz CT molecular complexity index is 481. The van der Waals surface area contributed by atoms with Crippen molar-refractivity contribution < 1.29 is 32.7 Å². The number of hydrogen-bond donors (Lipinski definition) is 1. The molecule has 116 valence electrons. The SMILES string of the molecule is CCCC(=O)O.O=C(CC(=O)C(F)(F)F)c1ccccc1. The van der Waals surface area contributed by atoms with E-state index in [4.69, 9.17) is 5.11 Å². The maximum atomic E-state index is 11.8. The molecule has 1 aromatic rings. The van der Waals surface area contributed by atoms with Gasteiger partial charge in [0, 0.05) is 12.0 Å². The summed E-state index contributed by atoms with van der Waals surface area (Å²) < 4.78 is 35.5. The second-order valence-electron chi connectivity index (χ2n) is 4.03. The van der Waals surface area contributed by atoms with E-state index in [1.165, 1.54) is 24.3 Å². The third-order valence-corrected chi connectivity index (χ3v) is 2.20. The molecule has 0 unspecified atom stereocenters. The molecule has 1 rings (SSSR count). The topological polar surface area (TPSA) is 71.4 Å². The van der Waals surface area contributed by atoms with Crippen molar-refractivity contribution in [2.75, 3.05) is 0 Å². The van der Waals surface area contributed by atoms with Crippen LogP contribution in [0.25, 0.3) is 0 Å². The largest absolute Gasteiger partial charge is 0.481 e. The molecule has 0 amide bonds. The average molecular weight is 304 g/mol. The van der Waals surface area contributed by atoms with Crippen LogP contribution in [-0.4, -0.2) is 28.8 Å². The first kappa shape index (κ1) is 18.8. The summed E-state index contributed by atoms with van der Waals surface area (Å²) in [7, 11) is 0. The maximum Gasteiger partial charge on any atom is 0.450 e. The molecule has 0 saturated carbocycles. The second-order valence-corrected chi connectivity index (χ2v) is 4.03. The van der Waals surface area contributed by atoms with Gasteiger partial charge in [-0.3, -0.25) is 14.4 Å². The van der Waals surface area contributed by atoms with Crippen molar-refractivity contribution in [1.82, 2.24) is 0 Å². The Balaban J connectivity index is 0.000000567. The molecule has 1 N–H and O–H groups in total. The van der Waals surface area contributed by atoms with Gasteiger partial charge in [0.05, 0.1) is 6.42 Å². The van der Waals surface area contributed by atoms with E-state index in [2.05, 4.69) is 0 Å². The number of carboxylic acids is 1. The summed E-state index contributed by atoms with van der Waals surface area (Å²) in [6.07, 6.45) is -5.05. The van der Waals surface area contributed by atoms with Crippen LogP contribution in [0.2, 0.25) is 0 Å². The van der Waals surface area contributed by atoms with Gasteiger partial charge in [-0.2, -0.15) is 13.2 Å². The molecular formula is C14H15F3O4. The molecule has 0 aliphatic carbocycles. The molecule has 0 spiro atoms. The van der Waals surface area contributed by atoms with Gasteiger partial charge in [-0.1, -0.05) is 37.3 Å². The van der Waals surface area contributed by atoms with Gasteiger partial charge in [0.1, 0.15) is 0 Å². The van der Waals surface area contributed by atoms with Crippen LogP contribution in [-0.2, 0) is 9.59 Å². The van der Waals surface area contributed by atoms with E-state index < -0.39 is 30.1 Å². The van der Waals surface area contributed by atoms with Gasteiger partial charge in [0.15, 0.2) is 5.78 Å². The summed E-state index contributed by atoms with van der Waals surface area (Å²) in [4.78, 5) is 31.3. The Hall–Kier alpha value is -2.18. The molecule has 0 fully saturated rings. The summed E-state index contributed by atoms with van der Waals surface area (Å²) in [6, 6.07) is 7.40. The fourth-order valence-corrected chi connectivity index (χ4v) is 1.19. The first-order valence-electron chi connectivity index (χ1n) is 6.08. The average Bonchev–Trinajstić information content (AvgIpc) is 2.39. The van der Waals surface area contributed by atoms with Crippen molar-refractivity contribution in [3.8, 4) is 0 Å². The number of carbonyl (C=O) groups excluding carboxylic acids is 2. The Morgan fingerprint density at radius 2 is 1.62 bits per heavy atom. The van der Waals surface area contributed by atoms with Gasteiger partial charge >= 0.3 is 12.1 Å². The van der Waals surface area contributed by atoms with Gasteiger partial charge in [0.2, 0.25) is 5.78 Å². The molecule has 0 atom stereocenters. The number of carboxylic acid groups (broad SMARTS) is 1. The molecule has 0 heterocycles. The van der Waals surface area contributed by atoms with Crippen LogP contribution in [0.1, 0.15) is 36.5 Å². The minimum atomic E-state index is -4.94. The normalized spacial score (nSPS) is 10.3. The van der Waals surface area contributed by atoms with Crippen molar-refractivity contribution in [3.05, 3.63) is 35.9 Å². The van der Waals surface area contributed by atoms with Crippen LogP contribution < -0.4 is 0 Å². The number of hydrogen-bond acceptors (Lipinski definition) is 3. The molecular weight excluding hydrogens is 289 g/mol. The number of aliphatic carboxylic acids is 1. The van der Waals surface area contributed by atoms with Crippen molar-refractivity contribution in [3.63, 3.8) is 0 Å². The zero-order valence-electron chi connectivity index (χ0n) is 11.3. The van der Waals surface area contributed by atoms with E-state index in [1.807, 2.05) is 6.92 Å². The highest BCUT2D eigenvalue weighted by molar-refractivity contribution is 6.09. The number of halogens is 3. The number of carbonyl (C=O) groups is 3. The van der Waals surface area contributed by atoms with E-state index in [9.17, 15) is 27.6 Å². The van der Waals surface area contributed by atoms with Crippen molar-refractivity contribution in [1.29, 1.82) is 0 Å². The zero-order chi connectivity index (χ0) is 16.5. The minimum absolute atomic E-state index is 0.107. The van der Waals surface area contributed by atoms with Crippen LogP contribution in [0.5, 0.6) is 0 Å². The van der Waals surface area contributed by atoms with Crippen molar-refractivity contribution in [2.45, 2.75) is 32.4 Å². The third kappa shape index (κ3) is 8.56. The lowest BCUT2D eigenvalue weighted by molar-refractivity contribution is -0.170. The highest BCUT2D eigenvalue weighted by atomic mass is 19.4. The molecule has 1 aromatic carbocycles. The molecule has 4 nitrogen and oxygen atoms in total. The molecule has 0 aliphatic rings. The first-order chi connectivity index (χ1) is 9.68. The summed E-state index contributed by atoms with van der Waals surface area (Å²) in [5.74, 6) is -3.55. The molecule has 0 aromatic heterocycles. The lowest BCUT2D eigenvalue weighted by Crippen LogP contribution is -2.25. The third-order valence-electron chi connectivity index (χ3n) is 2.20. The summed E-state index contributed by atoms with van der Waals surface area (Å²) >= 11 is 0. The number of alkyl halides is 3. The molecule has 21 heavy (non-hydrogen) atoms. The second kappa shape index (κ2) is 8.89. The van der Waals surface area contributed by atoms with E-state index in [0.717, 1.165) is 6.42 Å². The Morgan fingerprint density at radius 1 is 1.10 bits per heavy atom. The Morgan fingerprint density at radius 3 is 1.95 bits per heavy atom. The lowest BCUT2D eigenvalue weighted by Gasteiger charge is -2.03. The van der Waals surface area contributed by atoms with Crippen LogP contribution >= 0.6 is 0 Å². The minimum Gasteiger partial charge on any atom is -0.481 e. The number of rotatable bonds is 5.